The Labute approximate surface area is 157 Å². The van der Waals surface area contributed by atoms with Crippen molar-refractivity contribution in [2.45, 2.75) is 13.5 Å². The number of benzene rings is 1. The molecule has 1 aromatic carbocycles. The smallest absolute Gasteiger partial charge is 0.336 e. The molecular weight excluding hydrogens is 348 g/mol. The standard InChI is InChI=1S/C20H24N2O5/c1-14(24)22-9-8-21(10-15(11-22)13-23)12-16-6-7-19(27-16)17-4-2-3-5-18(17)20(25)26/h2-7,15,23H,8-13H2,1H3,(H,25,26)/t15-/m1/s1. The Morgan fingerprint density at radius 1 is 1.15 bits per heavy atom. The topological polar surface area (TPSA) is 94.2 Å². The van der Waals surface area contributed by atoms with Gasteiger partial charge in [0.05, 0.1) is 12.1 Å². The predicted molar refractivity (Wildman–Crippen MR) is 99.2 cm³/mol. The number of hydrogen-bond donors (Lipinski definition) is 2. The van der Waals surface area contributed by atoms with Gasteiger partial charge in [-0.3, -0.25) is 9.69 Å². The molecule has 1 fully saturated rings. The van der Waals surface area contributed by atoms with E-state index in [-0.39, 0.29) is 24.0 Å². The van der Waals surface area contributed by atoms with Crippen molar-refractivity contribution in [2.24, 2.45) is 5.92 Å². The lowest BCUT2D eigenvalue weighted by molar-refractivity contribution is -0.129. The number of aromatic carboxylic acids is 1. The molecule has 0 aliphatic carbocycles. The zero-order chi connectivity index (χ0) is 19.4. The SMILES string of the molecule is CC(=O)N1CCN(Cc2ccc(-c3ccccc3C(=O)O)o2)C[C@@H](CO)C1. The van der Waals surface area contributed by atoms with Crippen LogP contribution in [0.5, 0.6) is 0 Å². The summed E-state index contributed by atoms with van der Waals surface area (Å²) >= 11 is 0. The van der Waals surface area contributed by atoms with Crippen molar-refractivity contribution in [1.29, 1.82) is 0 Å². The fraction of sp³-hybridized carbons (Fsp3) is 0.400. The van der Waals surface area contributed by atoms with E-state index in [9.17, 15) is 19.8 Å². The highest BCUT2D eigenvalue weighted by Crippen LogP contribution is 2.26. The molecule has 1 saturated heterocycles. The van der Waals surface area contributed by atoms with E-state index < -0.39 is 5.97 Å². The predicted octanol–water partition coefficient (Wildman–Crippen LogP) is 1.92. The summed E-state index contributed by atoms with van der Waals surface area (Å²) in [4.78, 5) is 27.0. The van der Waals surface area contributed by atoms with Gasteiger partial charge in [0.1, 0.15) is 11.5 Å². The molecule has 0 radical (unpaired) electrons. The minimum Gasteiger partial charge on any atom is -0.478 e. The van der Waals surface area contributed by atoms with Gasteiger partial charge < -0.3 is 19.5 Å². The minimum absolute atomic E-state index is 0.00132. The summed E-state index contributed by atoms with van der Waals surface area (Å²) in [6.07, 6.45) is 0. The average molecular weight is 372 g/mol. The molecule has 3 rings (SSSR count). The van der Waals surface area contributed by atoms with E-state index in [1.807, 2.05) is 6.07 Å². The Bertz CT molecular complexity index is 816. The summed E-state index contributed by atoms with van der Waals surface area (Å²) in [5.41, 5.74) is 0.744. The third-order valence-corrected chi connectivity index (χ3v) is 4.85. The molecular formula is C20H24N2O5. The number of furan rings is 1. The van der Waals surface area contributed by atoms with Crippen molar-refractivity contribution in [3.05, 3.63) is 47.7 Å². The van der Waals surface area contributed by atoms with Crippen LogP contribution < -0.4 is 0 Å². The molecule has 7 nitrogen and oxygen atoms in total. The average Bonchev–Trinajstić information content (AvgIpc) is 3.01. The number of amides is 1. The minimum atomic E-state index is -0.994. The number of carbonyl (C=O) groups is 2. The van der Waals surface area contributed by atoms with Crippen molar-refractivity contribution in [3.8, 4) is 11.3 Å². The van der Waals surface area contributed by atoms with E-state index in [0.29, 0.717) is 44.0 Å². The summed E-state index contributed by atoms with van der Waals surface area (Å²) < 4.78 is 5.90. The number of aliphatic hydroxyl groups excluding tert-OH is 1. The second kappa shape index (κ2) is 8.37. The van der Waals surface area contributed by atoms with Gasteiger partial charge in [0.2, 0.25) is 5.91 Å². The van der Waals surface area contributed by atoms with Crippen molar-refractivity contribution in [2.75, 3.05) is 32.8 Å². The third-order valence-electron chi connectivity index (χ3n) is 4.85. The van der Waals surface area contributed by atoms with Crippen molar-refractivity contribution in [3.63, 3.8) is 0 Å². The zero-order valence-electron chi connectivity index (χ0n) is 15.3. The summed E-state index contributed by atoms with van der Waals surface area (Å²) in [5.74, 6) is 0.255. The highest BCUT2D eigenvalue weighted by atomic mass is 16.4. The molecule has 2 aromatic rings. The second-order valence-corrected chi connectivity index (χ2v) is 6.87. The van der Waals surface area contributed by atoms with Gasteiger partial charge >= 0.3 is 5.97 Å². The summed E-state index contributed by atoms with van der Waals surface area (Å²) in [7, 11) is 0. The number of carboxylic acids is 1. The number of hydrogen-bond acceptors (Lipinski definition) is 5. The lowest BCUT2D eigenvalue weighted by Gasteiger charge is -2.21. The van der Waals surface area contributed by atoms with Crippen molar-refractivity contribution in [1.82, 2.24) is 9.80 Å². The Morgan fingerprint density at radius 2 is 1.93 bits per heavy atom. The maximum atomic E-state index is 11.7. The van der Waals surface area contributed by atoms with E-state index in [0.717, 1.165) is 5.76 Å². The summed E-state index contributed by atoms with van der Waals surface area (Å²) in [6.45, 7) is 4.63. The molecule has 1 aliphatic rings. The van der Waals surface area contributed by atoms with E-state index in [2.05, 4.69) is 4.90 Å². The van der Waals surface area contributed by atoms with Gasteiger partial charge in [0.15, 0.2) is 0 Å². The Kier molecular flexibility index (Phi) is 5.93. The number of rotatable bonds is 5. The molecule has 0 bridgehead atoms. The van der Waals surface area contributed by atoms with Gasteiger partial charge in [-0.05, 0) is 18.2 Å². The molecule has 7 heteroatoms. The first-order chi connectivity index (χ1) is 13.0. The van der Waals surface area contributed by atoms with Gasteiger partial charge in [-0.2, -0.15) is 0 Å². The highest BCUT2D eigenvalue weighted by molar-refractivity contribution is 5.95. The van der Waals surface area contributed by atoms with Gasteiger partial charge in [0.25, 0.3) is 0 Å². The first kappa shape index (κ1) is 19.1. The van der Waals surface area contributed by atoms with E-state index in [1.54, 1.807) is 42.2 Å². The highest BCUT2D eigenvalue weighted by Gasteiger charge is 2.24. The maximum absolute atomic E-state index is 11.7. The van der Waals surface area contributed by atoms with E-state index >= 15 is 0 Å². The lowest BCUT2D eigenvalue weighted by Crippen LogP contribution is -2.35. The van der Waals surface area contributed by atoms with Crippen LogP contribution in [0.4, 0.5) is 0 Å². The molecule has 0 spiro atoms. The first-order valence-electron chi connectivity index (χ1n) is 8.98. The quantitative estimate of drug-likeness (QED) is 0.833. The fourth-order valence-corrected chi connectivity index (χ4v) is 3.44. The lowest BCUT2D eigenvalue weighted by atomic mass is 10.1. The van der Waals surface area contributed by atoms with Gasteiger partial charge in [-0.1, -0.05) is 18.2 Å². The molecule has 2 N–H and O–H groups in total. The van der Waals surface area contributed by atoms with Crippen LogP contribution in [-0.4, -0.2) is 64.7 Å². The van der Waals surface area contributed by atoms with Crippen LogP contribution in [0.25, 0.3) is 11.3 Å². The molecule has 1 aliphatic heterocycles. The second-order valence-electron chi connectivity index (χ2n) is 6.87. The third kappa shape index (κ3) is 4.56. The van der Waals surface area contributed by atoms with Gasteiger partial charge in [0, 0.05) is 51.2 Å². The van der Waals surface area contributed by atoms with Crippen LogP contribution >= 0.6 is 0 Å². The van der Waals surface area contributed by atoms with Gasteiger partial charge in [-0.15, -0.1) is 0 Å². The Morgan fingerprint density at radius 3 is 2.63 bits per heavy atom. The summed E-state index contributed by atoms with van der Waals surface area (Å²) in [5, 5.41) is 18.9. The van der Waals surface area contributed by atoms with Crippen LogP contribution in [0.3, 0.4) is 0 Å². The van der Waals surface area contributed by atoms with E-state index in [4.69, 9.17) is 4.42 Å². The fourth-order valence-electron chi connectivity index (χ4n) is 3.44. The van der Waals surface area contributed by atoms with Crippen LogP contribution in [-0.2, 0) is 11.3 Å². The number of carbonyl (C=O) groups excluding carboxylic acids is 1. The molecule has 27 heavy (non-hydrogen) atoms. The van der Waals surface area contributed by atoms with Crippen molar-refractivity contribution >= 4 is 11.9 Å². The first-order valence-corrected chi connectivity index (χ1v) is 8.98. The molecule has 1 amide bonds. The van der Waals surface area contributed by atoms with Crippen LogP contribution in [0, 0.1) is 5.92 Å². The number of aliphatic hydroxyl groups is 1. The molecule has 2 heterocycles. The largest absolute Gasteiger partial charge is 0.478 e. The molecule has 0 saturated carbocycles. The zero-order valence-corrected chi connectivity index (χ0v) is 15.3. The maximum Gasteiger partial charge on any atom is 0.336 e. The Balaban J connectivity index is 1.74. The molecule has 0 unspecified atom stereocenters. The molecule has 144 valence electrons. The van der Waals surface area contributed by atoms with Crippen LogP contribution in [0.1, 0.15) is 23.0 Å². The monoisotopic (exact) mass is 372 g/mol. The molecule has 1 atom stereocenters. The number of carboxylic acid groups (broad SMARTS) is 1. The summed E-state index contributed by atoms with van der Waals surface area (Å²) in [6, 6.07) is 10.4. The van der Waals surface area contributed by atoms with Crippen molar-refractivity contribution < 1.29 is 24.2 Å². The number of nitrogens with zero attached hydrogens (tertiary/aromatic N) is 2. The molecule has 1 aromatic heterocycles. The normalized spacial score (nSPS) is 18.3. The van der Waals surface area contributed by atoms with E-state index in [1.165, 1.54) is 0 Å². The van der Waals surface area contributed by atoms with Crippen LogP contribution in [0.2, 0.25) is 0 Å². The Hall–Kier alpha value is -2.64. The van der Waals surface area contributed by atoms with Crippen LogP contribution in [0.15, 0.2) is 40.8 Å². The van der Waals surface area contributed by atoms with Gasteiger partial charge in [-0.25, -0.2) is 4.79 Å².